The molecule has 0 spiro atoms. The van der Waals surface area contributed by atoms with E-state index in [1.807, 2.05) is 36.4 Å². The van der Waals surface area contributed by atoms with E-state index in [1.54, 1.807) is 12.5 Å². The first-order chi connectivity index (χ1) is 18.4. The molecule has 0 bridgehead atoms. The lowest BCUT2D eigenvalue weighted by Gasteiger charge is -2.33. The fourth-order valence-corrected chi connectivity index (χ4v) is 5.45. The third-order valence-corrected chi connectivity index (χ3v) is 7.88. The van der Waals surface area contributed by atoms with Crippen molar-refractivity contribution in [1.82, 2.24) is 20.6 Å². The summed E-state index contributed by atoms with van der Waals surface area (Å²) < 4.78 is 0. The first kappa shape index (κ1) is 29.6. The lowest BCUT2D eigenvalue weighted by atomic mass is 9.81. The van der Waals surface area contributed by atoms with Crippen LogP contribution in [0.25, 0.3) is 0 Å². The lowest BCUT2D eigenvalue weighted by Crippen LogP contribution is -2.54. The molecule has 0 radical (unpaired) electrons. The van der Waals surface area contributed by atoms with Gasteiger partial charge < -0.3 is 20.7 Å². The summed E-state index contributed by atoms with van der Waals surface area (Å²) >= 11 is 0. The summed E-state index contributed by atoms with van der Waals surface area (Å²) in [5, 5.41) is 17.4. The molecule has 38 heavy (non-hydrogen) atoms. The molecule has 0 saturated heterocycles. The molecular formula is C31H46N4O3. The molecule has 1 saturated carbocycles. The van der Waals surface area contributed by atoms with Crippen LogP contribution in [-0.2, 0) is 22.4 Å². The van der Waals surface area contributed by atoms with Gasteiger partial charge in [0.05, 0.1) is 24.2 Å². The Morgan fingerprint density at radius 2 is 1.89 bits per heavy atom. The molecule has 7 heteroatoms. The number of carbonyl (C=O) groups is 2. The normalized spacial score (nSPS) is 17.4. The quantitative estimate of drug-likeness (QED) is 0.254. The Hall–Kier alpha value is -2.93. The van der Waals surface area contributed by atoms with Crippen molar-refractivity contribution >= 4 is 11.8 Å². The fraction of sp³-hybridized carbons (Fsp3) is 0.581. The van der Waals surface area contributed by atoms with Crippen LogP contribution in [0.5, 0.6) is 0 Å². The Kier molecular flexibility index (Phi) is 12.1. The molecule has 2 amide bonds. The number of amides is 2. The number of allylic oxidation sites excluding steroid dienone is 1. The largest absolute Gasteiger partial charge is 0.391 e. The number of nitrogens with zero attached hydrogens (tertiary/aromatic N) is 1. The summed E-state index contributed by atoms with van der Waals surface area (Å²) in [5.41, 5.74) is 1.78. The Balaban J connectivity index is 1.70. The van der Waals surface area contributed by atoms with Gasteiger partial charge in [0.2, 0.25) is 11.8 Å². The van der Waals surface area contributed by atoms with Crippen molar-refractivity contribution in [3.05, 3.63) is 66.8 Å². The predicted molar refractivity (Wildman–Crippen MR) is 151 cm³/mol. The molecule has 2 aromatic rings. The maximum absolute atomic E-state index is 13.6. The van der Waals surface area contributed by atoms with Crippen LogP contribution in [0.4, 0.5) is 0 Å². The standard InChI is InChI=1S/C31H46N4O3/c1-4-25(22(2)3)18-29(36)27(17-24-13-9-6-10-14-24)35-31(38)28(19-26-20-32-21-33-26)34-30(37)16-15-23-11-7-5-8-12-23/h4-5,7-8,11-12,20-22,24-25,27-29,36H,1,6,9-10,13-19H2,2-3H3,(H,32,33)(H,34,37)(H,35,38)/t25-,27-,28-,29+/m0/s1. The van der Waals surface area contributed by atoms with E-state index in [0.29, 0.717) is 30.4 Å². The van der Waals surface area contributed by atoms with Crippen molar-refractivity contribution in [3.8, 4) is 0 Å². The Morgan fingerprint density at radius 1 is 1.16 bits per heavy atom. The number of imidazole rings is 1. The number of H-pyrrole nitrogens is 1. The maximum atomic E-state index is 13.6. The van der Waals surface area contributed by atoms with Crippen molar-refractivity contribution in [2.45, 2.75) is 96.2 Å². The summed E-state index contributed by atoms with van der Waals surface area (Å²) in [6, 6.07) is 8.69. The van der Waals surface area contributed by atoms with Crippen molar-refractivity contribution in [1.29, 1.82) is 0 Å². The van der Waals surface area contributed by atoms with Crippen LogP contribution >= 0.6 is 0 Å². The number of hydrogen-bond acceptors (Lipinski definition) is 4. The fourth-order valence-electron chi connectivity index (χ4n) is 5.45. The minimum Gasteiger partial charge on any atom is -0.391 e. The number of aromatic nitrogens is 2. The molecular weight excluding hydrogens is 476 g/mol. The van der Waals surface area contributed by atoms with Crippen LogP contribution in [0, 0.1) is 17.8 Å². The number of aliphatic hydroxyl groups excluding tert-OH is 1. The van der Waals surface area contributed by atoms with Gasteiger partial charge >= 0.3 is 0 Å². The number of nitrogens with one attached hydrogen (secondary N) is 3. The highest BCUT2D eigenvalue weighted by molar-refractivity contribution is 5.88. The average Bonchev–Trinajstić information content (AvgIpc) is 3.44. The highest BCUT2D eigenvalue weighted by Crippen LogP contribution is 2.29. The van der Waals surface area contributed by atoms with Crippen LogP contribution in [0.15, 0.2) is 55.5 Å². The Morgan fingerprint density at radius 3 is 2.53 bits per heavy atom. The second-order valence-electron chi connectivity index (χ2n) is 11.2. The second kappa shape index (κ2) is 15.5. The second-order valence-corrected chi connectivity index (χ2v) is 11.2. The predicted octanol–water partition coefficient (Wildman–Crippen LogP) is 4.73. The number of aromatic amines is 1. The number of aryl methyl sites for hydroxylation is 1. The number of benzene rings is 1. The molecule has 208 valence electrons. The van der Waals surface area contributed by atoms with Crippen molar-refractivity contribution in [2.75, 3.05) is 0 Å². The molecule has 1 aliphatic carbocycles. The molecule has 1 heterocycles. The lowest BCUT2D eigenvalue weighted by molar-refractivity contribution is -0.130. The smallest absolute Gasteiger partial charge is 0.243 e. The number of carbonyl (C=O) groups excluding carboxylic acids is 2. The molecule has 1 aromatic carbocycles. The van der Waals surface area contributed by atoms with E-state index in [2.05, 4.69) is 41.0 Å². The van der Waals surface area contributed by atoms with E-state index in [-0.39, 0.29) is 36.6 Å². The Labute approximate surface area is 227 Å². The summed E-state index contributed by atoms with van der Waals surface area (Å²) in [6.45, 7) is 8.20. The Bertz CT molecular complexity index is 970. The van der Waals surface area contributed by atoms with Gasteiger partial charge in [-0.25, -0.2) is 4.98 Å². The van der Waals surface area contributed by atoms with E-state index in [4.69, 9.17) is 0 Å². The van der Waals surface area contributed by atoms with Crippen molar-refractivity contribution in [3.63, 3.8) is 0 Å². The van der Waals surface area contributed by atoms with Gasteiger partial charge in [-0.05, 0) is 42.6 Å². The van der Waals surface area contributed by atoms with E-state index in [0.717, 1.165) is 24.8 Å². The van der Waals surface area contributed by atoms with E-state index < -0.39 is 12.1 Å². The summed E-state index contributed by atoms with van der Waals surface area (Å²) in [6.07, 6.45) is 12.9. The molecule has 4 atom stereocenters. The van der Waals surface area contributed by atoms with Gasteiger partial charge in [-0.3, -0.25) is 9.59 Å². The van der Waals surface area contributed by atoms with Gasteiger partial charge in [-0.15, -0.1) is 6.58 Å². The van der Waals surface area contributed by atoms with Gasteiger partial charge in [0.15, 0.2) is 0 Å². The minimum atomic E-state index is -0.775. The third-order valence-electron chi connectivity index (χ3n) is 7.88. The van der Waals surface area contributed by atoms with Crippen LogP contribution in [0.2, 0.25) is 0 Å². The first-order valence-corrected chi connectivity index (χ1v) is 14.3. The van der Waals surface area contributed by atoms with Crippen LogP contribution in [0.1, 0.15) is 76.5 Å². The molecule has 1 aromatic heterocycles. The van der Waals surface area contributed by atoms with Gasteiger partial charge in [0.1, 0.15) is 6.04 Å². The summed E-state index contributed by atoms with van der Waals surface area (Å²) in [5.74, 6) is 0.536. The minimum absolute atomic E-state index is 0.160. The highest BCUT2D eigenvalue weighted by Gasteiger charge is 2.31. The summed E-state index contributed by atoms with van der Waals surface area (Å²) in [4.78, 5) is 33.7. The zero-order valence-corrected chi connectivity index (χ0v) is 23.1. The van der Waals surface area contributed by atoms with Gasteiger partial charge in [-0.2, -0.15) is 0 Å². The molecule has 1 aliphatic rings. The van der Waals surface area contributed by atoms with Crippen molar-refractivity contribution in [2.24, 2.45) is 17.8 Å². The van der Waals surface area contributed by atoms with E-state index in [1.165, 1.54) is 19.3 Å². The van der Waals surface area contributed by atoms with Crippen molar-refractivity contribution < 1.29 is 14.7 Å². The molecule has 0 aliphatic heterocycles. The topological polar surface area (TPSA) is 107 Å². The molecule has 1 fully saturated rings. The van der Waals surface area contributed by atoms with Crippen LogP contribution in [0.3, 0.4) is 0 Å². The highest BCUT2D eigenvalue weighted by atomic mass is 16.3. The first-order valence-electron chi connectivity index (χ1n) is 14.3. The van der Waals surface area contributed by atoms with Gasteiger partial charge in [0.25, 0.3) is 0 Å². The van der Waals surface area contributed by atoms with Crippen LogP contribution in [-0.4, -0.2) is 45.1 Å². The zero-order chi connectivity index (χ0) is 27.3. The van der Waals surface area contributed by atoms with E-state index in [9.17, 15) is 14.7 Å². The average molecular weight is 523 g/mol. The molecule has 4 N–H and O–H groups in total. The maximum Gasteiger partial charge on any atom is 0.243 e. The SMILES string of the molecule is C=C[C@@H](C[C@@H](O)[C@H](CC1CCCCC1)NC(=O)[C@H](Cc1c[nH]cn1)NC(=O)CCc1ccccc1)C(C)C. The van der Waals surface area contributed by atoms with E-state index >= 15 is 0 Å². The number of hydrogen-bond donors (Lipinski definition) is 4. The molecule has 0 unspecified atom stereocenters. The molecule has 7 nitrogen and oxygen atoms in total. The molecule has 3 rings (SSSR count). The van der Waals surface area contributed by atoms with Crippen LogP contribution < -0.4 is 10.6 Å². The third kappa shape index (κ3) is 9.75. The zero-order valence-electron chi connectivity index (χ0n) is 23.1. The number of aliphatic hydroxyl groups is 1. The van der Waals surface area contributed by atoms with Gasteiger partial charge in [0, 0.05) is 19.0 Å². The van der Waals surface area contributed by atoms with Gasteiger partial charge in [-0.1, -0.05) is 82.4 Å². The number of rotatable bonds is 15. The summed E-state index contributed by atoms with van der Waals surface area (Å²) in [7, 11) is 0. The monoisotopic (exact) mass is 522 g/mol.